The monoisotopic (exact) mass is 480 g/mol. The van der Waals surface area contributed by atoms with Crippen molar-refractivity contribution in [1.82, 2.24) is 20.4 Å². The summed E-state index contributed by atoms with van der Waals surface area (Å²) in [6.07, 6.45) is 2.30. The van der Waals surface area contributed by atoms with E-state index in [2.05, 4.69) is 10.6 Å². The number of urea groups is 2. The predicted octanol–water partition coefficient (Wildman–Crippen LogP) is 0.921. The van der Waals surface area contributed by atoms with E-state index in [-0.39, 0.29) is 5.56 Å². The molecule has 180 valence electrons. The first-order chi connectivity index (χ1) is 16.5. The highest BCUT2D eigenvalue weighted by Crippen LogP contribution is 2.22. The van der Waals surface area contributed by atoms with E-state index in [1.807, 2.05) is 0 Å². The Kier molecular flexibility index (Phi) is 7.04. The summed E-state index contributed by atoms with van der Waals surface area (Å²) in [5, 5.41) is 4.67. The van der Waals surface area contributed by atoms with Gasteiger partial charge in [0.25, 0.3) is 23.6 Å². The molecular formula is C23H20N4O8. The Balaban J connectivity index is 1.89. The van der Waals surface area contributed by atoms with Gasteiger partial charge in [0, 0.05) is 29.9 Å². The average Bonchev–Trinajstić information content (AvgIpc) is 3.36. The number of carbonyl (C=O) groups excluding carboxylic acids is 7. The first kappa shape index (κ1) is 24.8. The van der Waals surface area contributed by atoms with E-state index in [4.69, 9.17) is 4.74 Å². The molecule has 2 aliphatic heterocycles. The molecule has 0 fully saturated rings. The van der Waals surface area contributed by atoms with E-state index in [0.29, 0.717) is 26.5 Å². The molecule has 2 aliphatic rings. The lowest BCUT2D eigenvalue weighted by atomic mass is 10.0. The third kappa shape index (κ3) is 5.05. The second-order valence-electron chi connectivity index (χ2n) is 7.39. The Bertz CT molecular complexity index is 1150. The number of nitrogens with one attached hydrogen (secondary N) is 2. The Morgan fingerprint density at radius 3 is 1.51 bits per heavy atom. The quantitative estimate of drug-likeness (QED) is 0.272. The van der Waals surface area contributed by atoms with Crippen LogP contribution in [0.15, 0.2) is 54.1 Å². The first-order valence-electron chi connectivity index (χ1n) is 10.1. The van der Waals surface area contributed by atoms with Crippen molar-refractivity contribution in [3.05, 3.63) is 65.3 Å². The minimum absolute atomic E-state index is 0.276. The Morgan fingerprint density at radius 2 is 1.14 bits per heavy atom. The van der Waals surface area contributed by atoms with Crippen LogP contribution in [0.25, 0.3) is 5.57 Å². The fraction of sp³-hybridized carbons (Fsp3) is 0.174. The summed E-state index contributed by atoms with van der Waals surface area (Å²) in [6, 6.07) is 3.95. The summed E-state index contributed by atoms with van der Waals surface area (Å²) >= 11 is 0. The molecule has 12 heteroatoms. The van der Waals surface area contributed by atoms with Gasteiger partial charge in [-0.3, -0.25) is 19.2 Å². The van der Waals surface area contributed by atoms with Gasteiger partial charge >= 0.3 is 18.0 Å². The molecule has 0 spiro atoms. The number of amides is 8. The van der Waals surface area contributed by atoms with Crippen molar-refractivity contribution in [2.75, 3.05) is 7.11 Å². The number of ether oxygens (including phenoxy) is 1. The number of nitrogens with zero attached hydrogens (tertiary/aromatic N) is 2. The van der Waals surface area contributed by atoms with Crippen LogP contribution in [0.5, 0.6) is 0 Å². The lowest BCUT2D eigenvalue weighted by Crippen LogP contribution is -2.52. The van der Waals surface area contributed by atoms with E-state index < -0.39 is 47.8 Å². The largest absolute Gasteiger partial charge is 0.466 e. The van der Waals surface area contributed by atoms with Crippen LogP contribution in [0.2, 0.25) is 0 Å². The molecule has 0 unspecified atom stereocenters. The number of hydrogen-bond acceptors (Lipinski definition) is 8. The molecule has 8 amide bonds. The van der Waals surface area contributed by atoms with Gasteiger partial charge in [0.05, 0.1) is 7.11 Å². The van der Waals surface area contributed by atoms with Crippen molar-refractivity contribution in [2.45, 2.75) is 20.0 Å². The molecule has 0 radical (unpaired) electrons. The van der Waals surface area contributed by atoms with Crippen molar-refractivity contribution in [3.63, 3.8) is 0 Å². The molecule has 12 nitrogen and oxygen atoms in total. The molecule has 3 rings (SSSR count). The zero-order valence-corrected chi connectivity index (χ0v) is 18.9. The van der Waals surface area contributed by atoms with Gasteiger partial charge in [-0.25, -0.2) is 14.4 Å². The number of allylic oxidation sites excluding steroid dienone is 1. The summed E-state index contributed by atoms with van der Waals surface area (Å²) in [4.78, 5) is 85.1. The van der Waals surface area contributed by atoms with Crippen LogP contribution in [0.1, 0.15) is 31.1 Å². The van der Waals surface area contributed by atoms with Crippen LogP contribution in [0.3, 0.4) is 0 Å². The fourth-order valence-electron chi connectivity index (χ4n) is 3.23. The van der Waals surface area contributed by atoms with Crippen LogP contribution in [0, 0.1) is 0 Å². The smallest absolute Gasteiger partial charge is 0.333 e. The molecular weight excluding hydrogens is 460 g/mol. The molecule has 0 bridgehead atoms. The lowest BCUT2D eigenvalue weighted by Gasteiger charge is -2.24. The molecule has 35 heavy (non-hydrogen) atoms. The summed E-state index contributed by atoms with van der Waals surface area (Å²) in [5.41, 5.74) is 1.90. The minimum Gasteiger partial charge on any atom is -0.466 e. The minimum atomic E-state index is -1.35. The molecule has 0 saturated carbocycles. The highest BCUT2D eigenvalue weighted by Gasteiger charge is 2.35. The normalized spacial score (nSPS) is 15.7. The number of benzene rings is 1. The molecule has 2 N–H and O–H groups in total. The second-order valence-corrected chi connectivity index (χ2v) is 7.39. The molecule has 0 saturated heterocycles. The zero-order valence-electron chi connectivity index (χ0n) is 18.9. The van der Waals surface area contributed by atoms with Gasteiger partial charge in [0.15, 0.2) is 0 Å². The highest BCUT2D eigenvalue weighted by molar-refractivity contribution is 6.23. The molecule has 0 aliphatic carbocycles. The fourth-order valence-corrected chi connectivity index (χ4v) is 3.23. The van der Waals surface area contributed by atoms with E-state index >= 15 is 0 Å². The number of methoxy groups -OCH3 is 1. The van der Waals surface area contributed by atoms with E-state index in [0.717, 1.165) is 24.3 Å². The van der Waals surface area contributed by atoms with Crippen LogP contribution in [0.4, 0.5) is 9.59 Å². The van der Waals surface area contributed by atoms with Crippen molar-refractivity contribution in [3.8, 4) is 0 Å². The van der Waals surface area contributed by atoms with E-state index in [1.54, 1.807) is 26.0 Å². The van der Waals surface area contributed by atoms with Gasteiger partial charge in [-0.05, 0) is 30.5 Å². The Labute approximate surface area is 198 Å². The molecule has 2 heterocycles. The first-order valence-corrected chi connectivity index (χ1v) is 10.1. The molecule has 1 aromatic rings. The van der Waals surface area contributed by atoms with Gasteiger partial charge in [-0.2, -0.15) is 9.80 Å². The number of carbonyl (C=O) groups is 7. The molecule has 0 aromatic heterocycles. The number of esters is 1. The summed E-state index contributed by atoms with van der Waals surface area (Å²) < 4.78 is 4.71. The lowest BCUT2D eigenvalue weighted by molar-refractivity contribution is -0.136. The SMILES string of the molecule is COC(=O)/C(C)=C(\C)c1ccc(C(NC(=O)N2C(=O)C=CC2=O)NC(=O)N2C(=O)C=CC2=O)cc1. The summed E-state index contributed by atoms with van der Waals surface area (Å²) in [6.45, 7) is 3.30. The summed E-state index contributed by atoms with van der Waals surface area (Å²) in [7, 11) is 1.26. The summed E-state index contributed by atoms with van der Waals surface area (Å²) in [5.74, 6) is -4.00. The van der Waals surface area contributed by atoms with Gasteiger partial charge in [0.2, 0.25) is 0 Å². The van der Waals surface area contributed by atoms with Gasteiger partial charge in [-0.15, -0.1) is 0 Å². The third-order valence-electron chi connectivity index (χ3n) is 5.29. The van der Waals surface area contributed by atoms with Crippen LogP contribution >= 0.6 is 0 Å². The number of rotatable bonds is 5. The zero-order chi connectivity index (χ0) is 25.9. The van der Waals surface area contributed by atoms with Gasteiger partial charge in [0.1, 0.15) is 6.17 Å². The highest BCUT2D eigenvalue weighted by atomic mass is 16.5. The molecule has 0 atom stereocenters. The Morgan fingerprint density at radius 1 is 0.743 bits per heavy atom. The number of hydrogen-bond donors (Lipinski definition) is 2. The van der Waals surface area contributed by atoms with Crippen molar-refractivity contribution >= 4 is 47.2 Å². The van der Waals surface area contributed by atoms with Gasteiger partial charge < -0.3 is 15.4 Å². The van der Waals surface area contributed by atoms with E-state index in [9.17, 15) is 33.6 Å². The third-order valence-corrected chi connectivity index (χ3v) is 5.29. The maximum Gasteiger partial charge on any atom is 0.333 e. The number of imide groups is 6. The maximum absolute atomic E-state index is 12.6. The standard InChI is InChI=1S/C23H20N4O8/c1-12(13(2)21(32)35-3)14-4-6-15(7-5-14)20(24-22(33)26-16(28)8-9-17(26)29)25-23(34)27-18(30)10-11-19(27)31/h4-11,20H,1-3H3,(H,24,33)(H,25,34)/b13-12+. The average molecular weight is 480 g/mol. The van der Waals surface area contributed by atoms with Gasteiger partial charge in [-0.1, -0.05) is 24.3 Å². The van der Waals surface area contributed by atoms with Crippen molar-refractivity contribution in [2.24, 2.45) is 0 Å². The molecule has 1 aromatic carbocycles. The maximum atomic E-state index is 12.6. The van der Waals surface area contributed by atoms with E-state index in [1.165, 1.54) is 19.2 Å². The van der Waals surface area contributed by atoms with Crippen molar-refractivity contribution in [1.29, 1.82) is 0 Å². The predicted molar refractivity (Wildman–Crippen MR) is 119 cm³/mol. The van der Waals surface area contributed by atoms with Crippen molar-refractivity contribution < 1.29 is 38.3 Å². The topological polar surface area (TPSA) is 159 Å². The van der Waals surface area contributed by atoms with Crippen LogP contribution in [-0.2, 0) is 28.7 Å². The van der Waals surface area contributed by atoms with Crippen LogP contribution in [-0.4, -0.2) is 58.6 Å². The second kappa shape index (κ2) is 9.95. The Hall–Kier alpha value is -4.87. The van der Waals surface area contributed by atoms with Crippen LogP contribution < -0.4 is 10.6 Å².